The quantitative estimate of drug-likeness (QED) is 0.0891. The number of non-ortho nitro benzene ring substituents is 1. The molecule has 6 aromatic rings. The molecule has 14 nitrogen and oxygen atoms in total. The highest BCUT2D eigenvalue weighted by Gasteiger charge is 2.41. The van der Waals surface area contributed by atoms with Crippen molar-refractivity contribution in [2.45, 2.75) is 82.1 Å². The van der Waals surface area contributed by atoms with Crippen LogP contribution < -0.4 is 14.4 Å². The molecule has 4 aliphatic rings. The van der Waals surface area contributed by atoms with Gasteiger partial charge in [0, 0.05) is 73.7 Å². The number of sulfonamides is 1. The Hall–Kier alpha value is -5.77. The highest BCUT2D eigenvalue weighted by atomic mass is 35.5. The van der Waals surface area contributed by atoms with E-state index in [4.69, 9.17) is 16.3 Å². The van der Waals surface area contributed by atoms with E-state index in [2.05, 4.69) is 41.6 Å². The number of fused-ring (bicyclic) bond motifs is 2. The van der Waals surface area contributed by atoms with Crippen LogP contribution in [0.15, 0.2) is 95.9 Å². The second kappa shape index (κ2) is 17.3. The summed E-state index contributed by atoms with van der Waals surface area (Å²) >= 11 is 6.29. The van der Waals surface area contributed by atoms with Gasteiger partial charge in [0.05, 0.1) is 33.4 Å². The Balaban J connectivity index is 0.890. The van der Waals surface area contributed by atoms with Gasteiger partial charge in [-0.2, -0.15) is 0 Å². The smallest absolute Gasteiger partial charge is 0.296 e. The van der Waals surface area contributed by atoms with E-state index in [1.807, 2.05) is 18.2 Å². The molecule has 332 valence electrons. The van der Waals surface area contributed by atoms with Gasteiger partial charge in [0.15, 0.2) is 0 Å². The Morgan fingerprint density at radius 2 is 1.75 bits per heavy atom. The predicted molar refractivity (Wildman–Crippen MR) is 247 cm³/mol. The average molecular weight is 904 g/mol. The number of carbonyl (C=O) groups is 1. The molecular formula is C48H51ClN8O6S. The fraction of sp³-hybridized carbons (Fsp3) is 0.396. The number of pyridine rings is 1. The average Bonchev–Trinajstić information content (AvgIpc) is 3.93. The van der Waals surface area contributed by atoms with Crippen LogP contribution in [0.3, 0.4) is 0 Å². The maximum absolute atomic E-state index is 14.1. The number of carbonyl (C=O) groups excluding carboxylic acids is 1. The minimum absolute atomic E-state index is 0.0318. The van der Waals surface area contributed by atoms with Crippen molar-refractivity contribution in [2.24, 2.45) is 11.3 Å². The number of halogens is 1. The number of rotatable bonds is 12. The second-order valence-corrected chi connectivity index (χ2v) is 20.3. The maximum Gasteiger partial charge on any atom is 0.296 e. The molecule has 2 saturated carbocycles. The maximum atomic E-state index is 14.1. The molecule has 0 radical (unpaired) electrons. The molecule has 3 aliphatic carbocycles. The van der Waals surface area contributed by atoms with Crippen LogP contribution in [-0.4, -0.2) is 76.4 Å². The molecule has 0 atom stereocenters. The number of nitrogens with one attached hydrogen (secondary N) is 2. The number of piperazine rings is 1. The number of nitro benzene ring substituents is 1. The first kappa shape index (κ1) is 42.2. The van der Waals surface area contributed by atoms with Gasteiger partial charge >= 0.3 is 0 Å². The van der Waals surface area contributed by atoms with Crippen molar-refractivity contribution in [1.82, 2.24) is 29.1 Å². The molecule has 3 aromatic carbocycles. The van der Waals surface area contributed by atoms with Gasteiger partial charge in [-0.25, -0.2) is 23.1 Å². The molecule has 1 saturated heterocycles. The summed E-state index contributed by atoms with van der Waals surface area (Å²) in [6.45, 7) is 4.62. The number of benzene rings is 3. The Bertz CT molecular complexity index is 2890. The topological polar surface area (TPSA) is 169 Å². The molecule has 10 rings (SSSR count). The molecular weight excluding hydrogens is 852 g/mol. The number of nitro groups is 1. The lowest BCUT2D eigenvalue weighted by molar-refractivity contribution is -0.383. The first-order valence-corrected chi connectivity index (χ1v) is 24.2. The number of allylic oxidation sites excluding steroid dienone is 1. The highest BCUT2D eigenvalue weighted by molar-refractivity contribution is 7.90. The molecule has 1 spiro atoms. The van der Waals surface area contributed by atoms with Crippen LogP contribution in [0.5, 0.6) is 11.5 Å². The monoisotopic (exact) mass is 902 g/mol. The fourth-order valence-corrected chi connectivity index (χ4v) is 11.5. The van der Waals surface area contributed by atoms with Crippen LogP contribution >= 0.6 is 11.6 Å². The predicted octanol–water partition coefficient (Wildman–Crippen LogP) is 9.90. The minimum atomic E-state index is -4.61. The van der Waals surface area contributed by atoms with Crippen molar-refractivity contribution in [1.29, 1.82) is 0 Å². The zero-order chi connectivity index (χ0) is 44.0. The van der Waals surface area contributed by atoms with Crippen LogP contribution in [0, 0.1) is 21.4 Å². The number of aromatic nitrogens is 4. The lowest BCUT2D eigenvalue weighted by atomic mass is 9.59. The highest BCUT2D eigenvalue weighted by Crippen LogP contribution is 2.55. The van der Waals surface area contributed by atoms with Gasteiger partial charge in [-0.05, 0) is 110 Å². The number of nitrogens with zero attached hydrogens (tertiary/aromatic N) is 6. The Morgan fingerprint density at radius 1 is 0.953 bits per heavy atom. The largest absolute Gasteiger partial charge is 0.455 e. The normalized spacial score (nSPS) is 18.4. The van der Waals surface area contributed by atoms with E-state index >= 15 is 0 Å². The molecule has 0 unspecified atom stereocenters. The van der Waals surface area contributed by atoms with Gasteiger partial charge in [-0.15, -0.1) is 0 Å². The van der Waals surface area contributed by atoms with Gasteiger partial charge in [0.2, 0.25) is 0 Å². The number of amides is 1. The van der Waals surface area contributed by atoms with Gasteiger partial charge < -0.3 is 19.2 Å². The van der Waals surface area contributed by atoms with Crippen LogP contribution in [0.25, 0.3) is 27.6 Å². The minimum Gasteiger partial charge on any atom is -0.455 e. The summed E-state index contributed by atoms with van der Waals surface area (Å²) in [5.74, 6) is -0.0948. The lowest BCUT2D eigenvalue weighted by Crippen LogP contribution is -2.47. The second-order valence-electron chi connectivity index (χ2n) is 18.2. The molecule has 16 heteroatoms. The van der Waals surface area contributed by atoms with E-state index in [1.54, 1.807) is 35.0 Å². The van der Waals surface area contributed by atoms with Gasteiger partial charge in [-0.1, -0.05) is 55.0 Å². The Morgan fingerprint density at radius 3 is 2.50 bits per heavy atom. The van der Waals surface area contributed by atoms with Gasteiger partial charge in [0.25, 0.3) is 21.6 Å². The van der Waals surface area contributed by atoms with Gasteiger partial charge in [0.1, 0.15) is 22.7 Å². The molecule has 3 fully saturated rings. The third kappa shape index (κ3) is 8.60. The SMILES string of the molecule is O=C(NS(=O)(=O)c1cc([N+](=O)[O-])c2c(c1)ncn2CC1CCCCC1)c1ccc(N2CCN(CC3=C(c4ccc(Cl)cc4)CC4(CCC4)CC3)CC2)cc1Oc1cnc2[nH]ccc2c1. The Labute approximate surface area is 376 Å². The van der Waals surface area contributed by atoms with Crippen molar-refractivity contribution >= 4 is 66.5 Å². The summed E-state index contributed by atoms with van der Waals surface area (Å²) in [5, 5.41) is 13.9. The molecule has 4 heterocycles. The number of hydrogen-bond donors (Lipinski definition) is 2. The number of ether oxygens (including phenoxy) is 1. The summed E-state index contributed by atoms with van der Waals surface area (Å²) in [5.41, 5.74) is 6.21. The van der Waals surface area contributed by atoms with E-state index in [0.717, 1.165) is 93.4 Å². The van der Waals surface area contributed by atoms with Crippen molar-refractivity contribution in [3.63, 3.8) is 0 Å². The summed E-state index contributed by atoms with van der Waals surface area (Å²) in [6.07, 6.45) is 17.7. The zero-order valence-electron chi connectivity index (χ0n) is 35.6. The summed E-state index contributed by atoms with van der Waals surface area (Å²) in [4.78, 5) is 42.1. The number of H-pyrrole nitrogens is 1. The van der Waals surface area contributed by atoms with Crippen LogP contribution in [0.2, 0.25) is 5.02 Å². The van der Waals surface area contributed by atoms with Crippen LogP contribution in [-0.2, 0) is 16.6 Å². The van der Waals surface area contributed by atoms with Crippen molar-refractivity contribution in [3.8, 4) is 11.5 Å². The molecule has 3 aromatic heterocycles. The van der Waals surface area contributed by atoms with Crippen molar-refractivity contribution in [3.05, 3.63) is 117 Å². The number of anilines is 1. The van der Waals surface area contributed by atoms with E-state index in [0.29, 0.717) is 29.3 Å². The standard InChI is InChI=1S/C48H51ClN8O6S/c49-36-9-7-33(8-10-36)41-27-48(15-4-16-48)17-13-35(41)30-54-19-21-55(22-20-54)37-11-12-40(44(24-37)63-38-23-34-14-18-50-46(34)51-28-38)47(58)53-64(61,62)39-25-42-45(43(26-39)57(59)60)56(31-52-42)29-32-5-2-1-3-6-32/h7-12,14,18,23-26,28,31-32H,1-6,13,15-17,19-22,27,29-30H2,(H,50,51)(H,53,58). The van der Waals surface area contributed by atoms with E-state index in [-0.39, 0.29) is 28.0 Å². The van der Waals surface area contributed by atoms with E-state index in [1.165, 1.54) is 67.4 Å². The van der Waals surface area contributed by atoms with Gasteiger partial charge in [-0.3, -0.25) is 19.8 Å². The number of hydrogen-bond acceptors (Lipinski definition) is 10. The molecule has 1 aliphatic heterocycles. The summed E-state index contributed by atoms with van der Waals surface area (Å²) < 4.78 is 38.1. The Kier molecular flexibility index (Phi) is 11.4. The van der Waals surface area contributed by atoms with E-state index < -0.39 is 25.7 Å². The molecule has 0 bridgehead atoms. The number of aromatic amines is 1. The fourth-order valence-electron chi connectivity index (χ4n) is 10.4. The molecule has 64 heavy (non-hydrogen) atoms. The first-order valence-electron chi connectivity index (χ1n) is 22.4. The van der Waals surface area contributed by atoms with Crippen molar-refractivity contribution in [2.75, 3.05) is 37.6 Å². The third-order valence-corrected chi connectivity index (χ3v) is 15.6. The lowest BCUT2D eigenvalue weighted by Gasteiger charge is -2.47. The first-order chi connectivity index (χ1) is 31.0. The zero-order valence-corrected chi connectivity index (χ0v) is 37.2. The molecule has 1 amide bonds. The van der Waals surface area contributed by atoms with Crippen LogP contribution in [0.4, 0.5) is 11.4 Å². The van der Waals surface area contributed by atoms with Crippen LogP contribution in [0.1, 0.15) is 86.6 Å². The molecule has 2 N–H and O–H groups in total. The number of imidazole rings is 1. The van der Waals surface area contributed by atoms with Crippen molar-refractivity contribution < 1.29 is 22.9 Å². The summed E-state index contributed by atoms with van der Waals surface area (Å²) in [7, 11) is -4.61. The third-order valence-electron chi connectivity index (χ3n) is 14.1. The summed E-state index contributed by atoms with van der Waals surface area (Å²) in [6, 6.07) is 19.4. The van der Waals surface area contributed by atoms with E-state index in [9.17, 15) is 23.3 Å².